The summed E-state index contributed by atoms with van der Waals surface area (Å²) < 4.78 is 30.6. The number of carbonyl (C=O) groups excluding carboxylic acids is 1. The fraction of sp³-hybridized carbons (Fsp3) is 0.621. The van der Waals surface area contributed by atoms with Crippen LogP contribution in [0.3, 0.4) is 0 Å². The van der Waals surface area contributed by atoms with E-state index in [1.807, 2.05) is 18.2 Å². The zero-order valence-corrected chi connectivity index (χ0v) is 24.6. The molecule has 0 unspecified atom stereocenters. The van der Waals surface area contributed by atoms with Gasteiger partial charge in [-0.1, -0.05) is 58.0 Å². The molecule has 0 aliphatic carbocycles. The third-order valence-electron chi connectivity index (χ3n) is 6.87. The van der Waals surface area contributed by atoms with Crippen LogP contribution in [0.15, 0.2) is 49.1 Å². The molecule has 8 nitrogen and oxygen atoms in total. The van der Waals surface area contributed by atoms with Gasteiger partial charge in [0.05, 0.1) is 31.8 Å². The maximum atomic E-state index is 12.5. The number of esters is 1. The molecule has 0 saturated heterocycles. The van der Waals surface area contributed by atoms with Crippen molar-refractivity contribution in [2.45, 2.75) is 72.4 Å². The molecule has 0 amide bonds. The average Bonchev–Trinajstić information content (AvgIpc) is 3.46. The lowest BCUT2D eigenvalue weighted by atomic mass is 9.83. The van der Waals surface area contributed by atoms with Crippen LogP contribution < -0.4 is 0 Å². The molecule has 0 spiro atoms. The molecule has 0 radical (unpaired) electrons. The summed E-state index contributed by atoms with van der Waals surface area (Å²) in [5.41, 5.74) is 1.14. The Labute approximate surface area is 233 Å². The minimum atomic E-state index is -0.514. The predicted octanol–water partition coefficient (Wildman–Crippen LogP) is 5.49. The molecule has 1 aromatic carbocycles. The van der Waals surface area contributed by atoms with E-state index in [-0.39, 0.29) is 42.0 Å². The van der Waals surface area contributed by atoms with Crippen LogP contribution in [-0.4, -0.2) is 60.0 Å². The van der Waals surface area contributed by atoms with Crippen molar-refractivity contribution in [2.24, 2.45) is 23.7 Å². The topological polar surface area (TPSA) is 81.0 Å². The van der Waals surface area contributed by atoms with Gasteiger partial charge in [-0.2, -0.15) is 0 Å². The minimum Gasteiger partial charge on any atom is -0.469 e. The summed E-state index contributed by atoms with van der Waals surface area (Å²) >= 11 is 5.48. The molecule has 38 heavy (non-hydrogen) atoms. The van der Waals surface area contributed by atoms with Crippen LogP contribution in [0.5, 0.6) is 0 Å². The van der Waals surface area contributed by atoms with E-state index in [4.69, 9.17) is 35.9 Å². The summed E-state index contributed by atoms with van der Waals surface area (Å²) in [6.45, 7) is 11.1. The van der Waals surface area contributed by atoms with Crippen molar-refractivity contribution in [3.05, 3.63) is 54.6 Å². The largest absolute Gasteiger partial charge is 0.469 e. The second-order valence-electron chi connectivity index (χ2n) is 10.2. The smallest absolute Gasteiger partial charge is 0.312 e. The number of rotatable bonds is 16. The molecule has 1 aromatic heterocycles. The molecule has 0 bridgehead atoms. The Bertz CT molecular complexity index is 940. The highest BCUT2D eigenvalue weighted by atomic mass is 32.1. The van der Waals surface area contributed by atoms with E-state index in [0.29, 0.717) is 18.9 Å². The monoisotopic (exact) mass is 548 g/mol. The van der Waals surface area contributed by atoms with Crippen LogP contribution in [0.1, 0.15) is 53.0 Å². The zero-order valence-electron chi connectivity index (χ0n) is 23.7. The van der Waals surface area contributed by atoms with Gasteiger partial charge in [0.1, 0.15) is 19.2 Å². The molecule has 0 saturated carbocycles. The second-order valence-corrected chi connectivity index (χ2v) is 10.6. The Balaban J connectivity index is 2.13. The highest BCUT2D eigenvalue weighted by molar-refractivity contribution is 7.80. The van der Waals surface area contributed by atoms with Gasteiger partial charge in [-0.25, -0.2) is 4.98 Å². The number of ether oxygens (including phenoxy) is 5. The SMILES string of the molecule is COCO[C@H](C[C@H](OCc1ccccc1)C(C)C)[C@H](C)C[C@H](C)[C@@H](OC(=S)n1ccnc1)[C@H](C)C(=O)OC. The van der Waals surface area contributed by atoms with E-state index in [0.717, 1.165) is 12.0 Å². The number of imidazole rings is 1. The van der Waals surface area contributed by atoms with E-state index in [2.05, 4.69) is 44.8 Å². The molecule has 0 fully saturated rings. The lowest BCUT2D eigenvalue weighted by Crippen LogP contribution is -2.39. The third kappa shape index (κ3) is 10.1. The lowest BCUT2D eigenvalue weighted by molar-refractivity contribution is -0.149. The second kappa shape index (κ2) is 16.6. The van der Waals surface area contributed by atoms with Crippen molar-refractivity contribution >= 4 is 23.4 Å². The van der Waals surface area contributed by atoms with Crippen LogP contribution in [-0.2, 0) is 35.1 Å². The number of benzene rings is 1. The molecule has 0 aliphatic heterocycles. The van der Waals surface area contributed by atoms with Crippen molar-refractivity contribution in [2.75, 3.05) is 21.0 Å². The number of aromatic nitrogens is 2. The molecule has 0 N–H and O–H groups in total. The molecular formula is C29H44N2O6S. The lowest BCUT2D eigenvalue weighted by Gasteiger charge is -2.34. The Kier molecular flexibility index (Phi) is 13.9. The van der Waals surface area contributed by atoms with Crippen molar-refractivity contribution in [3.63, 3.8) is 0 Å². The van der Waals surface area contributed by atoms with Crippen LogP contribution >= 0.6 is 12.2 Å². The summed E-state index contributed by atoms with van der Waals surface area (Å²) in [6, 6.07) is 10.2. The first-order valence-corrected chi connectivity index (χ1v) is 13.6. The first-order chi connectivity index (χ1) is 18.2. The maximum absolute atomic E-state index is 12.5. The Morgan fingerprint density at radius 3 is 2.26 bits per heavy atom. The van der Waals surface area contributed by atoms with Crippen LogP contribution in [0.25, 0.3) is 0 Å². The van der Waals surface area contributed by atoms with E-state index in [1.165, 1.54) is 7.11 Å². The van der Waals surface area contributed by atoms with Crippen molar-refractivity contribution in [1.82, 2.24) is 9.55 Å². The van der Waals surface area contributed by atoms with Gasteiger partial charge in [0, 0.05) is 25.9 Å². The standard InChI is InChI=1S/C29H44N2O6S/c1-20(2)25(35-17-24-11-9-8-10-12-24)16-26(36-19-33-6)21(3)15-22(4)27(23(5)28(32)34-7)37-29(38)31-14-13-30-18-31/h8-14,18,20-23,25-27H,15-17,19H2,1-7H3/t21-,22+,23+,25+,26-,27-/m1/s1. The molecule has 1 heterocycles. The fourth-order valence-corrected chi connectivity index (χ4v) is 4.83. The van der Waals surface area contributed by atoms with E-state index >= 15 is 0 Å². The summed E-state index contributed by atoms with van der Waals surface area (Å²) in [6.07, 6.45) is 5.77. The van der Waals surface area contributed by atoms with Gasteiger partial charge in [-0.05, 0) is 48.9 Å². The molecular weight excluding hydrogens is 504 g/mol. The van der Waals surface area contributed by atoms with Crippen LogP contribution in [0, 0.1) is 23.7 Å². The zero-order chi connectivity index (χ0) is 28.1. The highest BCUT2D eigenvalue weighted by Gasteiger charge is 2.35. The summed E-state index contributed by atoms with van der Waals surface area (Å²) in [5, 5.41) is 0.240. The van der Waals surface area contributed by atoms with Gasteiger partial charge in [-0.15, -0.1) is 0 Å². The number of carbonyl (C=O) groups is 1. The average molecular weight is 549 g/mol. The molecule has 2 aromatic rings. The number of hydrogen-bond donors (Lipinski definition) is 0. The van der Waals surface area contributed by atoms with Crippen molar-refractivity contribution in [1.29, 1.82) is 0 Å². The van der Waals surface area contributed by atoms with Crippen LogP contribution in [0.4, 0.5) is 0 Å². The van der Waals surface area contributed by atoms with Gasteiger partial charge >= 0.3 is 5.97 Å². The van der Waals surface area contributed by atoms with Crippen molar-refractivity contribution < 1.29 is 28.5 Å². The Morgan fingerprint density at radius 2 is 1.68 bits per heavy atom. The van der Waals surface area contributed by atoms with Gasteiger partial charge in [0.15, 0.2) is 0 Å². The number of nitrogens with zero attached hydrogens (tertiary/aromatic N) is 2. The molecule has 9 heteroatoms. The number of hydrogen-bond acceptors (Lipinski definition) is 8. The summed E-state index contributed by atoms with van der Waals surface area (Å²) in [4.78, 5) is 16.5. The van der Waals surface area contributed by atoms with Crippen LogP contribution in [0.2, 0.25) is 0 Å². The molecule has 0 aliphatic rings. The molecule has 2 rings (SSSR count). The molecule has 6 atom stereocenters. The number of methoxy groups -OCH3 is 2. The summed E-state index contributed by atoms with van der Waals surface area (Å²) in [7, 11) is 3.00. The Morgan fingerprint density at radius 1 is 0.974 bits per heavy atom. The van der Waals surface area contributed by atoms with Crippen molar-refractivity contribution in [3.8, 4) is 0 Å². The summed E-state index contributed by atoms with van der Waals surface area (Å²) in [5.74, 6) is -0.458. The van der Waals surface area contributed by atoms with Gasteiger partial charge in [0.2, 0.25) is 0 Å². The number of thiocarbonyl (C=S) groups is 1. The third-order valence-corrected chi connectivity index (χ3v) is 7.18. The van der Waals surface area contributed by atoms with Gasteiger partial charge in [-0.3, -0.25) is 9.36 Å². The highest BCUT2D eigenvalue weighted by Crippen LogP contribution is 2.30. The fourth-order valence-electron chi connectivity index (χ4n) is 4.61. The van der Waals surface area contributed by atoms with E-state index < -0.39 is 12.0 Å². The predicted molar refractivity (Wildman–Crippen MR) is 150 cm³/mol. The maximum Gasteiger partial charge on any atom is 0.312 e. The Hall–Kier alpha value is -2.33. The first kappa shape index (κ1) is 31.9. The van der Waals surface area contributed by atoms with E-state index in [9.17, 15) is 4.79 Å². The van der Waals surface area contributed by atoms with E-state index in [1.54, 1.807) is 37.3 Å². The minimum absolute atomic E-state index is 0.00433. The molecule has 212 valence electrons. The van der Waals surface area contributed by atoms with Gasteiger partial charge < -0.3 is 23.7 Å². The first-order valence-electron chi connectivity index (χ1n) is 13.2. The normalized spacial score (nSPS) is 16.3. The quantitative estimate of drug-likeness (QED) is 0.155. The van der Waals surface area contributed by atoms with Gasteiger partial charge in [0.25, 0.3) is 5.17 Å².